The van der Waals surface area contributed by atoms with Crippen molar-refractivity contribution in [3.05, 3.63) is 34.9 Å². The summed E-state index contributed by atoms with van der Waals surface area (Å²) in [7, 11) is 1.58. The summed E-state index contributed by atoms with van der Waals surface area (Å²) in [5.74, 6) is 4.24. The molecule has 1 unspecified atom stereocenters. The molecule has 0 fully saturated rings. The molecule has 0 radical (unpaired) electrons. The van der Waals surface area contributed by atoms with E-state index in [1.165, 1.54) is 12.1 Å². The first-order valence-electron chi connectivity index (χ1n) is 5.51. The lowest BCUT2D eigenvalue weighted by molar-refractivity contribution is 0.188. The molecule has 0 aliphatic carbocycles. The van der Waals surface area contributed by atoms with Crippen LogP contribution in [0.2, 0.25) is 0 Å². The first-order valence-corrected chi connectivity index (χ1v) is 5.51. The van der Waals surface area contributed by atoms with E-state index in [2.05, 4.69) is 5.43 Å². The van der Waals surface area contributed by atoms with Crippen molar-refractivity contribution in [1.82, 2.24) is 5.43 Å². The van der Waals surface area contributed by atoms with Gasteiger partial charge in [-0.15, -0.1) is 0 Å². The second-order valence-electron chi connectivity index (χ2n) is 3.95. The summed E-state index contributed by atoms with van der Waals surface area (Å²) in [6, 6.07) is 2.13. The molecular formula is C12H18F2N2O. The molecule has 3 nitrogen and oxygen atoms in total. The van der Waals surface area contributed by atoms with E-state index >= 15 is 0 Å². The molecule has 0 aliphatic rings. The van der Waals surface area contributed by atoms with Gasteiger partial charge in [0.15, 0.2) is 0 Å². The number of nitrogens with two attached hydrogens (primary N) is 1. The van der Waals surface area contributed by atoms with Crippen molar-refractivity contribution in [2.45, 2.75) is 25.8 Å². The van der Waals surface area contributed by atoms with E-state index < -0.39 is 17.7 Å². The fraction of sp³-hybridized carbons (Fsp3) is 0.500. The van der Waals surface area contributed by atoms with E-state index in [1.54, 1.807) is 14.0 Å². The maximum absolute atomic E-state index is 13.8. The highest BCUT2D eigenvalue weighted by Gasteiger charge is 2.20. The van der Waals surface area contributed by atoms with E-state index in [1.807, 2.05) is 0 Å². The van der Waals surface area contributed by atoms with Crippen LogP contribution in [0.25, 0.3) is 0 Å². The van der Waals surface area contributed by atoms with E-state index in [0.29, 0.717) is 25.0 Å². The second kappa shape index (κ2) is 6.64. The first kappa shape index (κ1) is 14.0. The summed E-state index contributed by atoms with van der Waals surface area (Å²) in [5, 5.41) is 0. The van der Waals surface area contributed by atoms with Crippen LogP contribution in [0.5, 0.6) is 0 Å². The number of halogens is 2. The molecule has 0 bridgehead atoms. The van der Waals surface area contributed by atoms with Crippen molar-refractivity contribution in [2.75, 3.05) is 13.7 Å². The van der Waals surface area contributed by atoms with Gasteiger partial charge in [-0.25, -0.2) is 8.78 Å². The highest BCUT2D eigenvalue weighted by atomic mass is 19.1. The lowest BCUT2D eigenvalue weighted by Gasteiger charge is -2.18. The van der Waals surface area contributed by atoms with Crippen molar-refractivity contribution in [1.29, 1.82) is 0 Å². The Balaban J connectivity index is 2.91. The molecule has 0 spiro atoms. The topological polar surface area (TPSA) is 47.3 Å². The average molecular weight is 244 g/mol. The fourth-order valence-electron chi connectivity index (χ4n) is 1.74. The minimum Gasteiger partial charge on any atom is -0.385 e. The standard InChI is InChI=1S/C12H18F2N2O/c1-8-5-6-9(13)11(12(8)14)10(16-15)4-3-7-17-2/h5-6,10,16H,3-4,7,15H2,1-2H3. The van der Waals surface area contributed by atoms with Crippen LogP contribution in [0.4, 0.5) is 8.78 Å². The molecule has 1 atom stereocenters. The third-order valence-corrected chi connectivity index (χ3v) is 2.71. The second-order valence-corrected chi connectivity index (χ2v) is 3.95. The number of ether oxygens (including phenoxy) is 1. The maximum atomic E-state index is 13.8. The molecule has 1 rings (SSSR count). The fourth-order valence-corrected chi connectivity index (χ4v) is 1.74. The monoisotopic (exact) mass is 244 g/mol. The van der Waals surface area contributed by atoms with Crippen molar-refractivity contribution < 1.29 is 13.5 Å². The average Bonchev–Trinajstić information content (AvgIpc) is 2.32. The number of hydrogen-bond acceptors (Lipinski definition) is 3. The van der Waals surface area contributed by atoms with Gasteiger partial charge in [-0.1, -0.05) is 6.07 Å². The van der Waals surface area contributed by atoms with Crippen LogP contribution in [-0.2, 0) is 4.74 Å². The van der Waals surface area contributed by atoms with Gasteiger partial charge in [0.05, 0.1) is 6.04 Å². The van der Waals surface area contributed by atoms with Crippen LogP contribution in [0.1, 0.15) is 30.0 Å². The lowest BCUT2D eigenvalue weighted by atomic mass is 9.99. The Morgan fingerprint density at radius 2 is 2.12 bits per heavy atom. The summed E-state index contributed by atoms with van der Waals surface area (Å²) < 4.78 is 32.4. The molecular weight excluding hydrogens is 226 g/mol. The number of methoxy groups -OCH3 is 1. The van der Waals surface area contributed by atoms with E-state index in [-0.39, 0.29) is 5.56 Å². The molecule has 17 heavy (non-hydrogen) atoms. The zero-order valence-corrected chi connectivity index (χ0v) is 10.1. The SMILES string of the molecule is COCCCC(NN)c1c(F)ccc(C)c1F. The van der Waals surface area contributed by atoms with Gasteiger partial charge in [0.25, 0.3) is 0 Å². The third-order valence-electron chi connectivity index (χ3n) is 2.71. The molecule has 0 aliphatic heterocycles. The molecule has 5 heteroatoms. The third kappa shape index (κ3) is 3.46. The predicted molar refractivity (Wildman–Crippen MR) is 62.3 cm³/mol. The zero-order valence-electron chi connectivity index (χ0n) is 10.1. The van der Waals surface area contributed by atoms with Crippen molar-refractivity contribution in [3.8, 4) is 0 Å². The van der Waals surface area contributed by atoms with Gasteiger partial charge >= 0.3 is 0 Å². The number of rotatable bonds is 6. The molecule has 3 N–H and O–H groups in total. The van der Waals surface area contributed by atoms with Gasteiger partial charge in [-0.3, -0.25) is 11.3 Å². The molecule has 1 aromatic carbocycles. The van der Waals surface area contributed by atoms with Crippen molar-refractivity contribution >= 4 is 0 Å². The Morgan fingerprint density at radius 3 is 2.71 bits per heavy atom. The highest BCUT2D eigenvalue weighted by molar-refractivity contribution is 5.29. The van der Waals surface area contributed by atoms with Crippen LogP contribution in [0.15, 0.2) is 12.1 Å². The Morgan fingerprint density at radius 1 is 1.41 bits per heavy atom. The highest BCUT2D eigenvalue weighted by Crippen LogP contribution is 2.25. The number of benzene rings is 1. The molecule has 0 saturated carbocycles. The number of nitrogens with one attached hydrogen (secondary N) is 1. The first-order chi connectivity index (χ1) is 8.11. The van der Waals surface area contributed by atoms with Crippen LogP contribution in [-0.4, -0.2) is 13.7 Å². The van der Waals surface area contributed by atoms with Gasteiger partial charge < -0.3 is 4.74 Å². The maximum Gasteiger partial charge on any atom is 0.133 e. The summed E-state index contributed by atoms with van der Waals surface area (Å²) in [6.07, 6.45) is 1.19. The Hall–Kier alpha value is -1.04. The summed E-state index contributed by atoms with van der Waals surface area (Å²) in [6.45, 7) is 2.13. The Bertz CT molecular complexity index is 372. The minimum atomic E-state index is -0.575. The molecule has 0 heterocycles. The van der Waals surface area contributed by atoms with Gasteiger partial charge in [0, 0.05) is 19.3 Å². The Labute approximate surface area is 99.9 Å². The zero-order chi connectivity index (χ0) is 12.8. The number of hydrogen-bond donors (Lipinski definition) is 2. The van der Waals surface area contributed by atoms with Gasteiger partial charge in [-0.2, -0.15) is 0 Å². The lowest BCUT2D eigenvalue weighted by Crippen LogP contribution is -2.30. The normalized spacial score (nSPS) is 12.8. The van der Waals surface area contributed by atoms with Crippen LogP contribution in [0.3, 0.4) is 0 Å². The predicted octanol–water partition coefficient (Wildman–Crippen LogP) is 2.20. The smallest absolute Gasteiger partial charge is 0.133 e. The largest absolute Gasteiger partial charge is 0.385 e. The van der Waals surface area contributed by atoms with Crippen LogP contribution < -0.4 is 11.3 Å². The van der Waals surface area contributed by atoms with Gasteiger partial charge in [-0.05, 0) is 31.4 Å². The summed E-state index contributed by atoms with van der Waals surface area (Å²) in [5.41, 5.74) is 2.86. The molecule has 0 aromatic heterocycles. The van der Waals surface area contributed by atoms with Gasteiger partial charge in [0.1, 0.15) is 11.6 Å². The van der Waals surface area contributed by atoms with Crippen LogP contribution in [0, 0.1) is 18.6 Å². The summed E-state index contributed by atoms with van der Waals surface area (Å²) in [4.78, 5) is 0. The Kier molecular flexibility index (Phi) is 5.47. The number of hydrazine groups is 1. The van der Waals surface area contributed by atoms with Gasteiger partial charge in [0.2, 0.25) is 0 Å². The van der Waals surface area contributed by atoms with Crippen molar-refractivity contribution in [2.24, 2.45) is 5.84 Å². The molecule has 0 saturated heterocycles. The summed E-state index contributed by atoms with van der Waals surface area (Å²) >= 11 is 0. The van der Waals surface area contributed by atoms with E-state index in [0.717, 1.165) is 0 Å². The molecule has 1 aromatic rings. The van der Waals surface area contributed by atoms with E-state index in [4.69, 9.17) is 10.6 Å². The van der Waals surface area contributed by atoms with E-state index in [9.17, 15) is 8.78 Å². The quantitative estimate of drug-likeness (QED) is 0.458. The van der Waals surface area contributed by atoms with Crippen LogP contribution >= 0.6 is 0 Å². The minimum absolute atomic E-state index is 0.00334. The number of aryl methyl sites for hydroxylation is 1. The molecule has 96 valence electrons. The molecule has 0 amide bonds. The van der Waals surface area contributed by atoms with Crippen molar-refractivity contribution in [3.63, 3.8) is 0 Å².